The van der Waals surface area contributed by atoms with E-state index in [0.717, 1.165) is 31.5 Å². The number of piperidine rings is 1. The van der Waals surface area contributed by atoms with Crippen molar-refractivity contribution in [3.63, 3.8) is 0 Å². The number of aromatic amines is 1. The zero-order chi connectivity index (χ0) is 25.5. The Bertz CT molecular complexity index is 1640. The van der Waals surface area contributed by atoms with E-state index in [9.17, 15) is 9.18 Å². The highest BCUT2D eigenvalue weighted by atomic mass is 19.1. The minimum absolute atomic E-state index is 0.206. The molecule has 0 spiro atoms. The fourth-order valence-electron chi connectivity index (χ4n) is 4.86. The molecule has 10 nitrogen and oxygen atoms in total. The Hall–Kier alpha value is -4.51. The molecular weight excluding hydrogens is 475 g/mol. The first-order valence-electron chi connectivity index (χ1n) is 12.0. The number of hydrogen-bond donors (Lipinski definition) is 4. The van der Waals surface area contributed by atoms with Gasteiger partial charge in [0.25, 0.3) is 5.91 Å². The van der Waals surface area contributed by atoms with Gasteiger partial charge in [0.15, 0.2) is 5.65 Å². The molecule has 188 valence electrons. The molecule has 1 aliphatic rings. The fourth-order valence-corrected chi connectivity index (χ4v) is 4.86. The molecule has 5 N–H and O–H groups in total. The van der Waals surface area contributed by atoms with Crippen LogP contribution in [0, 0.1) is 5.82 Å². The summed E-state index contributed by atoms with van der Waals surface area (Å²) in [4.78, 5) is 24.6. The zero-order valence-corrected chi connectivity index (χ0v) is 20.1. The number of nitrogens with zero attached hydrogens (tertiary/aromatic N) is 4. The molecule has 0 radical (unpaired) electrons. The van der Waals surface area contributed by atoms with Gasteiger partial charge in [-0.15, -0.1) is 0 Å². The number of fused-ring (bicyclic) bond motifs is 2. The molecule has 37 heavy (non-hydrogen) atoms. The molecule has 1 fully saturated rings. The van der Waals surface area contributed by atoms with Crippen LogP contribution in [-0.2, 0) is 0 Å². The molecule has 1 saturated heterocycles. The minimum atomic E-state index is -0.374. The van der Waals surface area contributed by atoms with E-state index in [4.69, 9.17) is 15.6 Å². The van der Waals surface area contributed by atoms with Gasteiger partial charge < -0.3 is 26.1 Å². The Morgan fingerprint density at radius 3 is 2.81 bits per heavy atom. The van der Waals surface area contributed by atoms with Crippen molar-refractivity contribution in [2.45, 2.75) is 18.9 Å². The van der Waals surface area contributed by atoms with Crippen molar-refractivity contribution in [3.8, 4) is 17.0 Å². The Kier molecular flexibility index (Phi) is 5.68. The number of nitrogens with one attached hydrogen (secondary N) is 3. The monoisotopic (exact) mass is 500 g/mol. The van der Waals surface area contributed by atoms with Gasteiger partial charge in [-0.3, -0.25) is 4.79 Å². The topological polar surface area (TPSA) is 136 Å². The highest BCUT2D eigenvalue weighted by Gasteiger charge is 2.24. The lowest BCUT2D eigenvalue weighted by Gasteiger charge is -2.23. The second-order valence-electron chi connectivity index (χ2n) is 9.02. The van der Waals surface area contributed by atoms with E-state index in [1.165, 1.54) is 25.6 Å². The molecule has 3 aromatic heterocycles. The predicted octanol–water partition coefficient (Wildman–Crippen LogP) is 3.88. The summed E-state index contributed by atoms with van der Waals surface area (Å²) in [7, 11) is 1.53. The number of halogens is 1. The molecule has 6 rings (SSSR count). The summed E-state index contributed by atoms with van der Waals surface area (Å²) < 4.78 is 21.1. The molecule has 0 aliphatic carbocycles. The third-order valence-electron chi connectivity index (χ3n) is 6.72. The van der Waals surface area contributed by atoms with Crippen LogP contribution in [-0.4, -0.2) is 50.8 Å². The first kappa shape index (κ1) is 22.9. The van der Waals surface area contributed by atoms with E-state index < -0.39 is 0 Å². The van der Waals surface area contributed by atoms with Gasteiger partial charge in [0, 0.05) is 16.5 Å². The van der Waals surface area contributed by atoms with E-state index in [-0.39, 0.29) is 17.8 Å². The largest absolute Gasteiger partial charge is 0.495 e. The minimum Gasteiger partial charge on any atom is -0.495 e. The Labute approximate surface area is 211 Å². The van der Waals surface area contributed by atoms with Crippen LogP contribution >= 0.6 is 0 Å². The molecule has 11 heteroatoms. The third-order valence-corrected chi connectivity index (χ3v) is 6.72. The average Bonchev–Trinajstić information content (AvgIpc) is 3.52. The van der Waals surface area contributed by atoms with Gasteiger partial charge in [-0.05, 0) is 62.3 Å². The number of aromatic nitrogens is 5. The van der Waals surface area contributed by atoms with Crippen molar-refractivity contribution in [2.75, 3.05) is 31.2 Å². The average molecular weight is 501 g/mol. The molecule has 1 amide bonds. The van der Waals surface area contributed by atoms with Crippen molar-refractivity contribution >= 4 is 39.3 Å². The van der Waals surface area contributed by atoms with Gasteiger partial charge in [-0.2, -0.15) is 5.10 Å². The maximum absolute atomic E-state index is 13.5. The smallest absolute Gasteiger partial charge is 0.272 e. The molecule has 4 heterocycles. The van der Waals surface area contributed by atoms with Crippen LogP contribution < -0.4 is 21.1 Å². The van der Waals surface area contributed by atoms with Gasteiger partial charge in [0.2, 0.25) is 0 Å². The summed E-state index contributed by atoms with van der Waals surface area (Å²) in [6.07, 6.45) is 3.34. The first-order chi connectivity index (χ1) is 18.0. The van der Waals surface area contributed by atoms with Gasteiger partial charge >= 0.3 is 0 Å². The van der Waals surface area contributed by atoms with Gasteiger partial charge in [0.1, 0.15) is 35.1 Å². The van der Waals surface area contributed by atoms with Crippen LogP contribution in [0.4, 0.5) is 15.9 Å². The lowest BCUT2D eigenvalue weighted by atomic mass is 10.1. The summed E-state index contributed by atoms with van der Waals surface area (Å²) in [6.45, 7) is 1.82. The lowest BCUT2D eigenvalue weighted by molar-refractivity contribution is 0.102. The van der Waals surface area contributed by atoms with Crippen molar-refractivity contribution in [1.29, 1.82) is 0 Å². The number of nitrogens with two attached hydrogens (primary N) is 1. The van der Waals surface area contributed by atoms with E-state index in [0.29, 0.717) is 50.6 Å². The van der Waals surface area contributed by atoms with Crippen molar-refractivity contribution in [1.82, 2.24) is 30.0 Å². The number of rotatable bonds is 5. The van der Waals surface area contributed by atoms with Gasteiger partial charge in [-0.1, -0.05) is 6.07 Å². The molecule has 0 bridgehead atoms. The predicted molar refractivity (Wildman–Crippen MR) is 139 cm³/mol. The van der Waals surface area contributed by atoms with Crippen LogP contribution in [0.25, 0.3) is 33.2 Å². The molecule has 1 aliphatic heterocycles. The van der Waals surface area contributed by atoms with E-state index in [1.54, 1.807) is 24.3 Å². The van der Waals surface area contributed by atoms with Crippen molar-refractivity contribution in [2.24, 2.45) is 0 Å². The van der Waals surface area contributed by atoms with Crippen LogP contribution in [0.3, 0.4) is 0 Å². The quantitative estimate of drug-likeness (QED) is 0.288. The second-order valence-corrected chi connectivity index (χ2v) is 9.02. The fraction of sp³-hybridized carbons (Fsp3) is 0.231. The normalized spacial score (nSPS) is 14.3. The number of carbonyl (C=O) groups excluding carboxylic acids is 1. The molecule has 0 saturated carbocycles. The van der Waals surface area contributed by atoms with Gasteiger partial charge in [-0.25, -0.2) is 19.0 Å². The van der Waals surface area contributed by atoms with Gasteiger partial charge in [0.05, 0.1) is 24.2 Å². The lowest BCUT2D eigenvalue weighted by Crippen LogP contribution is -2.30. The number of nitrogen functional groups attached to an aromatic ring is 1. The number of hydrogen-bond acceptors (Lipinski definition) is 7. The van der Waals surface area contributed by atoms with E-state index >= 15 is 0 Å². The zero-order valence-electron chi connectivity index (χ0n) is 20.1. The summed E-state index contributed by atoms with van der Waals surface area (Å²) in [5.74, 6) is 0.0672. The summed E-state index contributed by atoms with van der Waals surface area (Å²) >= 11 is 0. The number of H-pyrrole nitrogens is 1. The Morgan fingerprint density at radius 1 is 1.16 bits per heavy atom. The molecule has 0 unspecified atom stereocenters. The number of amides is 1. The van der Waals surface area contributed by atoms with Crippen LogP contribution in [0.5, 0.6) is 5.75 Å². The number of carbonyl (C=O) groups is 1. The highest BCUT2D eigenvalue weighted by Crippen LogP contribution is 2.37. The van der Waals surface area contributed by atoms with E-state index in [1.807, 2.05) is 10.7 Å². The second kappa shape index (κ2) is 9.17. The summed E-state index contributed by atoms with van der Waals surface area (Å²) in [6, 6.07) is 11.5. The molecule has 0 atom stereocenters. The third kappa shape index (κ3) is 4.12. The molecule has 2 aromatic carbocycles. The molecular formula is C26H25FN8O2. The number of benzene rings is 2. The standard InChI is InChI=1S/C26H25FN8O2/c1-37-21-12-14(2-4-19(21)33-26(36)20-11-15-10-16(27)3-5-18(15)32-20)23-22-24(28)30-13-31-25(22)35(34-23)17-6-8-29-9-7-17/h2-5,10-13,17,29,32H,6-9H2,1H3,(H,33,36)(H2,28,30,31). The number of ether oxygens (including phenoxy) is 1. The van der Waals surface area contributed by atoms with Crippen LogP contribution in [0.2, 0.25) is 0 Å². The van der Waals surface area contributed by atoms with Crippen molar-refractivity contribution in [3.05, 3.63) is 60.3 Å². The highest BCUT2D eigenvalue weighted by molar-refractivity contribution is 6.07. The van der Waals surface area contributed by atoms with Crippen LogP contribution in [0.1, 0.15) is 29.4 Å². The maximum Gasteiger partial charge on any atom is 0.272 e. The van der Waals surface area contributed by atoms with E-state index in [2.05, 4.69) is 25.6 Å². The number of methoxy groups -OCH3 is 1. The number of anilines is 2. The Balaban J connectivity index is 1.35. The molecule has 5 aromatic rings. The summed E-state index contributed by atoms with van der Waals surface area (Å²) in [5, 5.41) is 12.5. The first-order valence-corrected chi connectivity index (χ1v) is 12.0. The van der Waals surface area contributed by atoms with Crippen LogP contribution in [0.15, 0.2) is 48.8 Å². The van der Waals surface area contributed by atoms with Crippen molar-refractivity contribution < 1.29 is 13.9 Å². The Morgan fingerprint density at radius 2 is 2.00 bits per heavy atom. The summed E-state index contributed by atoms with van der Waals surface area (Å²) in [5.41, 5.74) is 9.84. The SMILES string of the molecule is COc1cc(-c2nn(C3CCNCC3)c3ncnc(N)c23)ccc1NC(=O)c1cc2cc(F)ccc2[nH]1. The maximum atomic E-state index is 13.5.